The number of ether oxygens (including phenoxy) is 1. The number of piperazine rings is 2. The molecule has 2 N–H and O–H groups in total. The normalized spacial score (nSPS) is 15.7. The van der Waals surface area contributed by atoms with Crippen molar-refractivity contribution in [3.05, 3.63) is 84.9 Å². The van der Waals surface area contributed by atoms with Crippen molar-refractivity contribution < 1.29 is 9.53 Å². The van der Waals surface area contributed by atoms with Gasteiger partial charge in [-0.05, 0) is 69.2 Å². The zero-order chi connectivity index (χ0) is 35.2. The molecule has 51 heavy (non-hydrogen) atoms. The van der Waals surface area contributed by atoms with E-state index in [0.29, 0.717) is 13.1 Å². The van der Waals surface area contributed by atoms with Gasteiger partial charge in [-0.2, -0.15) is 0 Å². The first-order valence-electron chi connectivity index (χ1n) is 18.0. The molecule has 0 aliphatic carbocycles. The maximum Gasteiger partial charge on any atom is 0.410 e. The number of carbonyl (C=O) groups is 1. The second-order valence-corrected chi connectivity index (χ2v) is 14.2. The van der Waals surface area contributed by atoms with Crippen LogP contribution in [0.15, 0.2) is 79.4 Å². The summed E-state index contributed by atoms with van der Waals surface area (Å²) < 4.78 is 5.53. The number of hydrogen-bond acceptors (Lipinski definition) is 11. The fourth-order valence-corrected chi connectivity index (χ4v) is 6.77. The summed E-state index contributed by atoms with van der Waals surface area (Å²) >= 11 is 0. The van der Waals surface area contributed by atoms with Crippen molar-refractivity contribution in [2.75, 3.05) is 92.4 Å². The van der Waals surface area contributed by atoms with Crippen LogP contribution in [0.4, 0.5) is 27.8 Å². The number of carbonyl (C=O) groups excluding carboxylic acids is 1. The third kappa shape index (κ3) is 8.57. The molecule has 2 aliphatic rings. The molecule has 2 aromatic heterocycles. The minimum absolute atomic E-state index is 0.230. The van der Waals surface area contributed by atoms with Gasteiger partial charge in [0, 0.05) is 94.1 Å². The van der Waals surface area contributed by atoms with Gasteiger partial charge < -0.3 is 30.1 Å². The molecule has 3 aromatic carbocycles. The number of hydrogen-bond donors (Lipinski definition) is 2. The van der Waals surface area contributed by atoms with Gasteiger partial charge in [-0.1, -0.05) is 30.3 Å². The maximum absolute atomic E-state index is 12.4. The summed E-state index contributed by atoms with van der Waals surface area (Å²) in [7, 11) is 0. The first kappa shape index (κ1) is 34.2. The van der Waals surface area contributed by atoms with Gasteiger partial charge >= 0.3 is 6.09 Å². The summed E-state index contributed by atoms with van der Waals surface area (Å²) in [6.07, 6.45) is 4.00. The molecule has 266 valence electrons. The molecule has 12 heteroatoms. The molecule has 12 nitrogen and oxygen atoms in total. The van der Waals surface area contributed by atoms with Crippen LogP contribution in [-0.2, 0) is 11.2 Å². The minimum Gasteiger partial charge on any atom is -0.444 e. The fraction of sp³-hybridized carbons (Fsp3) is 0.410. The van der Waals surface area contributed by atoms with Crippen LogP contribution in [0.3, 0.4) is 0 Å². The van der Waals surface area contributed by atoms with Crippen molar-refractivity contribution in [3.63, 3.8) is 0 Å². The number of rotatable bonds is 10. The molecule has 0 bridgehead atoms. The van der Waals surface area contributed by atoms with Gasteiger partial charge in [0.05, 0.1) is 11.0 Å². The van der Waals surface area contributed by atoms with E-state index >= 15 is 0 Å². The molecule has 2 saturated heterocycles. The first-order chi connectivity index (χ1) is 24.8. The van der Waals surface area contributed by atoms with Crippen LogP contribution in [0.2, 0.25) is 0 Å². The molecule has 0 spiro atoms. The number of aromatic nitrogens is 4. The average molecular weight is 689 g/mol. The van der Waals surface area contributed by atoms with E-state index in [0.717, 1.165) is 98.8 Å². The number of amides is 1. The second kappa shape index (κ2) is 15.3. The van der Waals surface area contributed by atoms with E-state index in [9.17, 15) is 4.79 Å². The zero-order valence-corrected chi connectivity index (χ0v) is 29.9. The van der Waals surface area contributed by atoms with E-state index in [1.807, 2.05) is 26.8 Å². The molecule has 7 rings (SSSR count). The molecule has 0 atom stereocenters. The molecule has 0 unspecified atom stereocenters. The smallest absolute Gasteiger partial charge is 0.410 e. The summed E-state index contributed by atoms with van der Waals surface area (Å²) in [5.41, 5.74) is 5.07. The summed E-state index contributed by atoms with van der Waals surface area (Å²) in [5, 5.41) is 9.09. The highest BCUT2D eigenvalue weighted by Crippen LogP contribution is 2.29. The molecule has 0 saturated carbocycles. The van der Waals surface area contributed by atoms with Crippen LogP contribution in [0, 0.1) is 0 Å². The Morgan fingerprint density at radius 2 is 1.24 bits per heavy atom. The molecule has 2 aliphatic heterocycles. The maximum atomic E-state index is 12.4. The lowest BCUT2D eigenvalue weighted by molar-refractivity contribution is 0.0148. The lowest BCUT2D eigenvalue weighted by Gasteiger charge is -2.37. The minimum atomic E-state index is -0.476. The van der Waals surface area contributed by atoms with Crippen molar-refractivity contribution in [2.24, 2.45) is 0 Å². The lowest BCUT2D eigenvalue weighted by Crippen LogP contribution is -2.50. The van der Waals surface area contributed by atoms with Gasteiger partial charge in [-0.25, -0.2) is 24.7 Å². The number of fused-ring (bicyclic) bond motifs is 2. The Kier molecular flexibility index (Phi) is 10.3. The van der Waals surface area contributed by atoms with Crippen molar-refractivity contribution in [1.29, 1.82) is 0 Å². The Labute approximate surface area is 299 Å². The van der Waals surface area contributed by atoms with Crippen LogP contribution >= 0.6 is 0 Å². The topological polar surface area (TPSA) is 115 Å². The van der Waals surface area contributed by atoms with Crippen LogP contribution < -0.4 is 20.4 Å². The Balaban J connectivity index is 0.904. The van der Waals surface area contributed by atoms with Gasteiger partial charge in [-0.15, -0.1) is 0 Å². The zero-order valence-electron chi connectivity index (χ0n) is 29.9. The lowest BCUT2D eigenvalue weighted by atomic mass is 10.1. The Bertz CT molecular complexity index is 1930. The highest BCUT2D eigenvalue weighted by molar-refractivity contribution is 5.92. The van der Waals surface area contributed by atoms with E-state index in [2.05, 4.69) is 106 Å². The van der Waals surface area contributed by atoms with Crippen LogP contribution in [0.5, 0.6) is 0 Å². The second-order valence-electron chi connectivity index (χ2n) is 14.2. The van der Waals surface area contributed by atoms with Gasteiger partial charge in [0.15, 0.2) is 0 Å². The predicted octanol–water partition coefficient (Wildman–Crippen LogP) is 5.52. The Morgan fingerprint density at radius 3 is 1.78 bits per heavy atom. The van der Waals surface area contributed by atoms with Crippen LogP contribution in [0.25, 0.3) is 21.8 Å². The number of anilines is 4. The summed E-state index contributed by atoms with van der Waals surface area (Å²) in [6.45, 7) is 14.8. The number of benzene rings is 3. The van der Waals surface area contributed by atoms with Gasteiger partial charge in [0.25, 0.3) is 0 Å². The summed E-state index contributed by atoms with van der Waals surface area (Å²) in [6, 6.07) is 23.5. The van der Waals surface area contributed by atoms with E-state index in [4.69, 9.17) is 4.74 Å². The molecule has 4 heterocycles. The number of nitrogens with zero attached hydrogens (tertiary/aromatic N) is 8. The van der Waals surface area contributed by atoms with Crippen LogP contribution in [0.1, 0.15) is 26.3 Å². The fourth-order valence-electron chi connectivity index (χ4n) is 6.77. The molecule has 0 radical (unpaired) electrons. The van der Waals surface area contributed by atoms with E-state index in [-0.39, 0.29) is 6.09 Å². The highest BCUT2D eigenvalue weighted by Gasteiger charge is 2.26. The Hall–Kier alpha value is -5.23. The highest BCUT2D eigenvalue weighted by atomic mass is 16.6. The van der Waals surface area contributed by atoms with Crippen LogP contribution in [-0.4, -0.2) is 113 Å². The monoisotopic (exact) mass is 688 g/mol. The van der Waals surface area contributed by atoms with Gasteiger partial charge in [0.1, 0.15) is 29.9 Å². The van der Waals surface area contributed by atoms with E-state index in [1.54, 1.807) is 17.6 Å². The molecular formula is C39H48N10O2. The van der Waals surface area contributed by atoms with Gasteiger partial charge in [-0.3, -0.25) is 4.90 Å². The Morgan fingerprint density at radius 1 is 0.686 bits per heavy atom. The first-order valence-corrected chi connectivity index (χ1v) is 18.0. The standard InChI is InChI=1S/C39H48N10O2/c1-39(2,3)51-38(50)49-19-17-46(18-20-49)16-15-41-37-33-12-10-31(26-35(33)43-28-45-37)48-23-21-47(22-24-48)30-9-11-32-34(25-30)42-27-44-36(32)40-14-13-29-7-5-4-6-8-29/h4-12,25-28H,13-24H2,1-3H3,(H,40,42,44)(H,41,43,45). The molecule has 5 aromatic rings. The molecular weight excluding hydrogens is 640 g/mol. The largest absolute Gasteiger partial charge is 0.444 e. The SMILES string of the molecule is CC(C)(C)OC(=O)N1CCN(CCNc2ncnc3cc(N4CCN(c5ccc6c(NCCc7ccccc7)ncnc6c5)CC4)ccc23)CC1. The van der Waals surface area contributed by atoms with E-state index < -0.39 is 5.60 Å². The van der Waals surface area contributed by atoms with Crippen molar-refractivity contribution in [3.8, 4) is 0 Å². The predicted molar refractivity (Wildman–Crippen MR) is 205 cm³/mol. The number of nitrogens with one attached hydrogen (secondary N) is 2. The summed E-state index contributed by atoms with van der Waals surface area (Å²) in [5.74, 6) is 1.72. The van der Waals surface area contributed by atoms with Gasteiger partial charge in [0.2, 0.25) is 0 Å². The summed E-state index contributed by atoms with van der Waals surface area (Å²) in [4.78, 5) is 39.7. The molecule has 2 fully saturated rings. The quantitative estimate of drug-likeness (QED) is 0.193. The third-order valence-electron chi connectivity index (χ3n) is 9.54. The van der Waals surface area contributed by atoms with Crippen molar-refractivity contribution >= 4 is 50.9 Å². The van der Waals surface area contributed by atoms with Crippen molar-refractivity contribution in [1.82, 2.24) is 29.7 Å². The van der Waals surface area contributed by atoms with E-state index in [1.165, 1.54) is 16.9 Å². The average Bonchev–Trinajstić information content (AvgIpc) is 3.14. The molecule has 1 amide bonds. The van der Waals surface area contributed by atoms with Crippen molar-refractivity contribution in [2.45, 2.75) is 32.8 Å². The third-order valence-corrected chi connectivity index (χ3v) is 9.54.